The lowest BCUT2D eigenvalue weighted by molar-refractivity contribution is -0.203. The van der Waals surface area contributed by atoms with Crippen LogP contribution in [0, 0.1) is 18.3 Å². The average molecular weight is 301 g/mol. The summed E-state index contributed by atoms with van der Waals surface area (Å²) in [6, 6.07) is 4.04. The Morgan fingerprint density at radius 2 is 1.95 bits per heavy atom. The van der Waals surface area contributed by atoms with Gasteiger partial charge in [0.25, 0.3) is 5.91 Å². The van der Waals surface area contributed by atoms with Crippen molar-refractivity contribution in [1.29, 1.82) is 5.26 Å². The molecular weight excluding hydrogens is 291 g/mol. The van der Waals surface area contributed by atoms with Gasteiger partial charge < -0.3 is 10.4 Å². The minimum atomic E-state index is -5.18. The zero-order chi connectivity index (χ0) is 16.4. The van der Waals surface area contributed by atoms with E-state index in [1.807, 2.05) is 0 Å². The molecule has 2 N–H and O–H groups in total. The Morgan fingerprint density at radius 3 is 2.33 bits per heavy atom. The Balaban J connectivity index is 3.13. The predicted octanol–water partition coefficient (Wildman–Crippen LogP) is 1.40. The van der Waals surface area contributed by atoms with Gasteiger partial charge in [0.2, 0.25) is 5.54 Å². The van der Waals surface area contributed by atoms with Crippen molar-refractivity contribution in [2.45, 2.75) is 25.6 Å². The number of amides is 1. The maximum Gasteiger partial charge on any atom is 0.422 e. The Kier molecular flexibility index (Phi) is 4.22. The summed E-state index contributed by atoms with van der Waals surface area (Å²) in [4.78, 5) is 26.2. The zero-order valence-corrected chi connectivity index (χ0v) is 10.9. The Morgan fingerprint density at radius 1 is 1.38 bits per heavy atom. The van der Waals surface area contributed by atoms with Crippen LogP contribution in [0.3, 0.4) is 0 Å². The molecule has 21 heavy (non-hydrogen) atoms. The van der Waals surface area contributed by atoms with Crippen molar-refractivity contribution in [2.75, 3.05) is 0 Å². The van der Waals surface area contributed by atoms with Crippen LogP contribution in [0.15, 0.2) is 12.1 Å². The number of nitrogens with zero attached hydrogens (tertiary/aromatic N) is 2. The minimum absolute atomic E-state index is 0.147. The van der Waals surface area contributed by atoms with E-state index in [4.69, 9.17) is 10.4 Å². The van der Waals surface area contributed by atoms with E-state index in [0.717, 1.165) is 6.07 Å². The number of aliphatic carboxylic acids is 1. The maximum atomic E-state index is 12.8. The number of alkyl halides is 3. The SMILES string of the molecule is Cc1nc(C(=O)NC(C)(C(=O)O)C(F)(F)F)ccc1C#N. The fourth-order valence-corrected chi connectivity index (χ4v) is 1.34. The van der Waals surface area contributed by atoms with E-state index in [0.29, 0.717) is 6.92 Å². The topological polar surface area (TPSA) is 103 Å². The number of pyridine rings is 1. The van der Waals surface area contributed by atoms with Crippen LogP contribution in [-0.2, 0) is 4.79 Å². The summed E-state index contributed by atoms with van der Waals surface area (Å²) in [5.41, 5.74) is -3.55. The molecule has 0 aromatic carbocycles. The molecule has 0 aliphatic carbocycles. The second-order valence-electron chi connectivity index (χ2n) is 4.32. The summed E-state index contributed by atoms with van der Waals surface area (Å²) in [5.74, 6) is -3.54. The standard InChI is InChI=1S/C12H10F3N3O3/c1-6-7(5-16)3-4-8(17-6)9(19)18-11(2,10(20)21)12(13,14)15/h3-4H,1-2H3,(H,18,19)(H,20,21). The molecule has 0 radical (unpaired) electrons. The van der Waals surface area contributed by atoms with Gasteiger partial charge in [-0.2, -0.15) is 18.4 Å². The van der Waals surface area contributed by atoms with Gasteiger partial charge in [0.1, 0.15) is 11.8 Å². The molecule has 0 aliphatic rings. The number of halogens is 3. The summed E-state index contributed by atoms with van der Waals surface area (Å²) in [6.07, 6.45) is -5.18. The largest absolute Gasteiger partial charge is 0.479 e. The lowest BCUT2D eigenvalue weighted by Gasteiger charge is -2.28. The van der Waals surface area contributed by atoms with Crippen molar-refractivity contribution in [3.63, 3.8) is 0 Å². The molecule has 0 bridgehead atoms. The third kappa shape index (κ3) is 3.10. The number of rotatable bonds is 3. The van der Waals surface area contributed by atoms with E-state index in [1.54, 1.807) is 6.07 Å². The van der Waals surface area contributed by atoms with Crippen LogP contribution in [0.1, 0.15) is 28.7 Å². The number of hydrogen-bond donors (Lipinski definition) is 2. The maximum absolute atomic E-state index is 12.8. The van der Waals surface area contributed by atoms with Crippen LogP contribution in [-0.4, -0.2) is 33.7 Å². The van der Waals surface area contributed by atoms with E-state index in [9.17, 15) is 22.8 Å². The summed E-state index contributed by atoms with van der Waals surface area (Å²) in [5, 5.41) is 18.8. The molecule has 1 atom stereocenters. The molecule has 0 saturated carbocycles. The second-order valence-corrected chi connectivity index (χ2v) is 4.32. The molecule has 1 amide bonds. The normalized spacial score (nSPS) is 13.9. The second kappa shape index (κ2) is 5.40. The molecule has 1 aromatic rings. The highest BCUT2D eigenvalue weighted by Gasteiger charge is 2.58. The third-order valence-corrected chi connectivity index (χ3v) is 2.80. The number of hydrogen-bond acceptors (Lipinski definition) is 4. The molecule has 1 heterocycles. The van der Waals surface area contributed by atoms with Crippen LogP contribution in [0.2, 0.25) is 0 Å². The van der Waals surface area contributed by atoms with Crippen LogP contribution in [0.4, 0.5) is 13.2 Å². The van der Waals surface area contributed by atoms with Crippen molar-refractivity contribution in [3.8, 4) is 6.07 Å². The number of carboxylic acid groups (broad SMARTS) is 1. The fourth-order valence-electron chi connectivity index (χ4n) is 1.34. The number of nitriles is 1. The van der Waals surface area contributed by atoms with Gasteiger partial charge in [0.15, 0.2) is 0 Å². The van der Waals surface area contributed by atoms with Gasteiger partial charge >= 0.3 is 12.1 Å². The first-order chi connectivity index (χ1) is 9.52. The van der Waals surface area contributed by atoms with Crippen molar-refractivity contribution in [2.24, 2.45) is 0 Å². The van der Waals surface area contributed by atoms with E-state index >= 15 is 0 Å². The number of nitrogens with one attached hydrogen (secondary N) is 1. The monoisotopic (exact) mass is 301 g/mol. The van der Waals surface area contributed by atoms with E-state index in [1.165, 1.54) is 18.3 Å². The van der Waals surface area contributed by atoms with E-state index in [-0.39, 0.29) is 11.3 Å². The Hall–Kier alpha value is -2.63. The molecule has 0 aliphatic heterocycles. The molecule has 1 aromatic heterocycles. The molecule has 0 spiro atoms. The van der Waals surface area contributed by atoms with Gasteiger partial charge in [-0.05, 0) is 26.0 Å². The van der Waals surface area contributed by atoms with Crippen molar-refractivity contribution < 1.29 is 27.9 Å². The summed E-state index contributed by atoms with van der Waals surface area (Å²) in [6.45, 7) is 1.74. The van der Waals surface area contributed by atoms with E-state index in [2.05, 4.69) is 4.98 Å². The van der Waals surface area contributed by atoms with Crippen LogP contribution in [0.5, 0.6) is 0 Å². The number of aryl methyl sites for hydroxylation is 1. The molecule has 1 rings (SSSR count). The highest BCUT2D eigenvalue weighted by molar-refractivity contribution is 5.96. The third-order valence-electron chi connectivity index (χ3n) is 2.80. The highest BCUT2D eigenvalue weighted by atomic mass is 19.4. The molecule has 112 valence electrons. The first-order valence-corrected chi connectivity index (χ1v) is 5.53. The average Bonchev–Trinajstić information content (AvgIpc) is 2.36. The molecule has 6 nitrogen and oxygen atoms in total. The fraction of sp³-hybridized carbons (Fsp3) is 0.333. The lowest BCUT2D eigenvalue weighted by atomic mass is 10.0. The number of carboxylic acids is 1. The summed E-state index contributed by atoms with van der Waals surface area (Å²) in [7, 11) is 0. The van der Waals surface area contributed by atoms with Crippen molar-refractivity contribution in [3.05, 3.63) is 29.1 Å². The van der Waals surface area contributed by atoms with Crippen molar-refractivity contribution >= 4 is 11.9 Å². The number of aromatic nitrogens is 1. The Bertz CT molecular complexity index is 637. The first-order valence-electron chi connectivity index (χ1n) is 5.53. The lowest BCUT2D eigenvalue weighted by Crippen LogP contribution is -2.62. The van der Waals surface area contributed by atoms with Crippen LogP contribution in [0.25, 0.3) is 0 Å². The van der Waals surface area contributed by atoms with Crippen molar-refractivity contribution in [1.82, 2.24) is 10.3 Å². The smallest absolute Gasteiger partial charge is 0.422 e. The number of carbonyl (C=O) groups is 2. The van der Waals surface area contributed by atoms with E-state index < -0.39 is 29.3 Å². The summed E-state index contributed by atoms with van der Waals surface area (Å²) >= 11 is 0. The molecule has 0 saturated heterocycles. The van der Waals surface area contributed by atoms with Gasteiger partial charge in [-0.1, -0.05) is 0 Å². The van der Waals surface area contributed by atoms with Gasteiger partial charge in [0, 0.05) is 0 Å². The van der Waals surface area contributed by atoms with Gasteiger partial charge in [-0.15, -0.1) is 0 Å². The zero-order valence-electron chi connectivity index (χ0n) is 10.9. The predicted molar refractivity (Wildman–Crippen MR) is 63.3 cm³/mol. The van der Waals surface area contributed by atoms with Gasteiger partial charge in [0.05, 0.1) is 11.3 Å². The Labute approximate surface area is 117 Å². The molecule has 1 unspecified atom stereocenters. The van der Waals surface area contributed by atoms with Crippen LogP contribution < -0.4 is 5.32 Å². The quantitative estimate of drug-likeness (QED) is 0.878. The summed E-state index contributed by atoms with van der Waals surface area (Å²) < 4.78 is 38.3. The van der Waals surface area contributed by atoms with Gasteiger partial charge in [-0.25, -0.2) is 9.78 Å². The molecular formula is C12H10F3N3O3. The first kappa shape index (κ1) is 16.4. The number of carbonyl (C=O) groups excluding carboxylic acids is 1. The molecule has 0 fully saturated rings. The van der Waals surface area contributed by atoms with Gasteiger partial charge in [-0.3, -0.25) is 4.79 Å². The molecule has 9 heteroatoms. The highest BCUT2D eigenvalue weighted by Crippen LogP contribution is 2.30. The minimum Gasteiger partial charge on any atom is -0.479 e. The van der Waals surface area contributed by atoms with Crippen LogP contribution >= 0.6 is 0 Å².